The van der Waals surface area contributed by atoms with Crippen LogP contribution >= 0.6 is 27.3 Å². The molecule has 1 saturated heterocycles. The van der Waals surface area contributed by atoms with Gasteiger partial charge in [0, 0.05) is 10.5 Å². The molecule has 0 radical (unpaired) electrons. The molecule has 0 aliphatic carbocycles. The Labute approximate surface area is 101 Å². The first-order chi connectivity index (χ1) is 7.05. The Balaban J connectivity index is 2.32. The lowest BCUT2D eigenvalue weighted by atomic mass is 9.81. The summed E-state index contributed by atoms with van der Waals surface area (Å²) in [5.74, 6) is 0.0781. The summed E-state index contributed by atoms with van der Waals surface area (Å²) in [6.07, 6.45) is 0. The lowest BCUT2D eigenvalue weighted by Gasteiger charge is -2.24. The van der Waals surface area contributed by atoms with Gasteiger partial charge in [0.15, 0.2) is 5.78 Å². The van der Waals surface area contributed by atoms with Gasteiger partial charge in [-0.3, -0.25) is 4.79 Å². The third kappa shape index (κ3) is 1.78. The third-order valence-corrected chi connectivity index (χ3v) is 4.70. The summed E-state index contributed by atoms with van der Waals surface area (Å²) in [5, 5.41) is 1.89. The Bertz CT molecular complexity index is 393. The van der Waals surface area contributed by atoms with Gasteiger partial charge in [-0.15, -0.1) is 11.3 Å². The van der Waals surface area contributed by atoms with Crippen LogP contribution < -0.4 is 5.73 Å². The molecule has 2 heterocycles. The first-order valence-corrected chi connectivity index (χ1v) is 6.34. The number of hydrogen-bond donors (Lipinski definition) is 1. The first kappa shape index (κ1) is 11.3. The van der Waals surface area contributed by atoms with E-state index in [1.807, 2.05) is 18.4 Å². The first-order valence-electron chi connectivity index (χ1n) is 4.67. The Morgan fingerprint density at radius 3 is 3.00 bits per heavy atom. The Morgan fingerprint density at radius 2 is 2.53 bits per heavy atom. The molecule has 0 amide bonds. The molecule has 82 valence electrons. The van der Waals surface area contributed by atoms with Gasteiger partial charge in [0.25, 0.3) is 0 Å². The van der Waals surface area contributed by atoms with Crippen molar-refractivity contribution in [2.75, 3.05) is 13.2 Å². The lowest BCUT2D eigenvalue weighted by Crippen LogP contribution is -2.44. The second-order valence-electron chi connectivity index (χ2n) is 3.97. The number of hydrogen-bond acceptors (Lipinski definition) is 4. The molecule has 0 aromatic carbocycles. The van der Waals surface area contributed by atoms with E-state index in [0.29, 0.717) is 13.2 Å². The van der Waals surface area contributed by atoms with Crippen LogP contribution in [0.3, 0.4) is 0 Å². The van der Waals surface area contributed by atoms with Crippen LogP contribution in [0.4, 0.5) is 0 Å². The summed E-state index contributed by atoms with van der Waals surface area (Å²) in [4.78, 5) is 13.0. The van der Waals surface area contributed by atoms with Crippen molar-refractivity contribution in [3.63, 3.8) is 0 Å². The smallest absolute Gasteiger partial charge is 0.183 e. The van der Waals surface area contributed by atoms with Crippen molar-refractivity contribution in [1.29, 1.82) is 0 Å². The number of ether oxygens (including phenoxy) is 1. The average molecular weight is 290 g/mol. The molecule has 15 heavy (non-hydrogen) atoms. The van der Waals surface area contributed by atoms with Crippen molar-refractivity contribution >= 4 is 33.0 Å². The maximum absolute atomic E-state index is 12.3. The summed E-state index contributed by atoms with van der Waals surface area (Å²) < 4.78 is 6.12. The number of ketones is 1. The molecule has 2 unspecified atom stereocenters. The fourth-order valence-corrected chi connectivity index (χ4v) is 3.27. The van der Waals surface area contributed by atoms with Gasteiger partial charge in [-0.1, -0.05) is 0 Å². The fraction of sp³-hybridized carbons (Fsp3) is 0.500. The number of carbonyl (C=O) groups excluding carboxylic acids is 1. The van der Waals surface area contributed by atoms with Crippen LogP contribution in [0.15, 0.2) is 15.9 Å². The van der Waals surface area contributed by atoms with E-state index in [1.165, 1.54) is 11.3 Å². The minimum Gasteiger partial charge on any atom is -0.379 e. The summed E-state index contributed by atoms with van der Waals surface area (Å²) in [5.41, 5.74) is 5.34. The largest absolute Gasteiger partial charge is 0.379 e. The second-order valence-corrected chi connectivity index (χ2v) is 5.74. The zero-order valence-corrected chi connectivity index (χ0v) is 10.7. The van der Waals surface area contributed by atoms with E-state index in [-0.39, 0.29) is 11.8 Å². The monoisotopic (exact) mass is 289 g/mol. The molecule has 3 nitrogen and oxygen atoms in total. The Kier molecular flexibility index (Phi) is 2.98. The van der Waals surface area contributed by atoms with Gasteiger partial charge in [-0.2, -0.15) is 0 Å². The summed E-state index contributed by atoms with van der Waals surface area (Å²) >= 11 is 4.80. The van der Waals surface area contributed by atoms with Gasteiger partial charge in [0.2, 0.25) is 0 Å². The lowest BCUT2D eigenvalue weighted by molar-refractivity contribution is 0.0771. The van der Waals surface area contributed by atoms with Crippen molar-refractivity contribution < 1.29 is 9.53 Å². The minimum atomic E-state index is -0.576. The molecule has 2 N–H and O–H groups in total. The number of nitrogens with two attached hydrogens (primary N) is 1. The van der Waals surface area contributed by atoms with E-state index >= 15 is 0 Å². The SMILES string of the molecule is CC1(C(=O)c2sccc2Br)COCC1N. The van der Waals surface area contributed by atoms with Gasteiger partial charge in [0.05, 0.1) is 23.5 Å². The quantitative estimate of drug-likeness (QED) is 0.848. The zero-order chi connectivity index (χ0) is 11.1. The Hall–Kier alpha value is -0.230. The molecular weight excluding hydrogens is 278 g/mol. The Morgan fingerprint density at radius 1 is 1.80 bits per heavy atom. The molecule has 0 bridgehead atoms. The topological polar surface area (TPSA) is 52.3 Å². The predicted molar refractivity (Wildman–Crippen MR) is 63.3 cm³/mol. The summed E-state index contributed by atoms with van der Waals surface area (Å²) in [6, 6.07) is 1.67. The van der Waals surface area contributed by atoms with Crippen molar-refractivity contribution in [3.05, 3.63) is 20.8 Å². The molecule has 2 atom stereocenters. The van der Waals surface area contributed by atoms with Crippen LogP contribution in [0, 0.1) is 5.41 Å². The molecule has 0 spiro atoms. The van der Waals surface area contributed by atoms with Crippen LogP contribution in [-0.2, 0) is 4.74 Å². The zero-order valence-electron chi connectivity index (χ0n) is 8.33. The molecule has 1 aromatic heterocycles. The second kappa shape index (κ2) is 3.97. The highest BCUT2D eigenvalue weighted by atomic mass is 79.9. The molecule has 5 heteroatoms. The molecular formula is C10H12BrNO2S. The normalized spacial score (nSPS) is 30.7. The van der Waals surface area contributed by atoms with Crippen molar-refractivity contribution in [3.8, 4) is 0 Å². The van der Waals surface area contributed by atoms with E-state index in [9.17, 15) is 4.79 Å². The molecule has 1 fully saturated rings. The van der Waals surface area contributed by atoms with E-state index in [0.717, 1.165) is 9.35 Å². The maximum atomic E-state index is 12.3. The fourth-order valence-electron chi connectivity index (χ4n) is 1.64. The predicted octanol–water partition coefficient (Wildman–Crippen LogP) is 2.06. The van der Waals surface area contributed by atoms with E-state index in [2.05, 4.69) is 15.9 Å². The number of thiophene rings is 1. The summed E-state index contributed by atoms with van der Waals surface area (Å²) in [7, 11) is 0. The molecule has 0 saturated carbocycles. The van der Waals surface area contributed by atoms with Crippen LogP contribution in [0.5, 0.6) is 0 Å². The minimum absolute atomic E-state index is 0.0781. The molecule has 1 aliphatic rings. The number of Topliss-reactive ketones (excluding diaryl/α,β-unsaturated/α-hetero) is 1. The molecule has 1 aliphatic heterocycles. The molecule has 1 aromatic rings. The number of halogens is 1. The maximum Gasteiger partial charge on any atom is 0.183 e. The van der Waals surface area contributed by atoms with Crippen molar-refractivity contribution in [2.24, 2.45) is 11.1 Å². The van der Waals surface area contributed by atoms with Crippen LogP contribution in [0.25, 0.3) is 0 Å². The third-order valence-electron chi connectivity index (χ3n) is 2.86. The number of carbonyl (C=O) groups is 1. The van der Waals surface area contributed by atoms with E-state index < -0.39 is 5.41 Å². The highest BCUT2D eigenvalue weighted by Gasteiger charge is 2.45. The highest BCUT2D eigenvalue weighted by Crippen LogP contribution is 2.35. The van der Waals surface area contributed by atoms with Crippen LogP contribution in [0.2, 0.25) is 0 Å². The van der Waals surface area contributed by atoms with Gasteiger partial charge < -0.3 is 10.5 Å². The average Bonchev–Trinajstić information content (AvgIpc) is 2.75. The van der Waals surface area contributed by atoms with E-state index in [1.54, 1.807) is 0 Å². The summed E-state index contributed by atoms with van der Waals surface area (Å²) in [6.45, 7) is 2.75. The van der Waals surface area contributed by atoms with E-state index in [4.69, 9.17) is 10.5 Å². The van der Waals surface area contributed by atoms with Gasteiger partial charge in [-0.25, -0.2) is 0 Å². The van der Waals surface area contributed by atoms with Crippen LogP contribution in [-0.4, -0.2) is 25.0 Å². The van der Waals surface area contributed by atoms with Crippen molar-refractivity contribution in [2.45, 2.75) is 13.0 Å². The molecule has 2 rings (SSSR count). The van der Waals surface area contributed by atoms with Crippen molar-refractivity contribution in [1.82, 2.24) is 0 Å². The van der Waals surface area contributed by atoms with Crippen LogP contribution in [0.1, 0.15) is 16.6 Å². The number of rotatable bonds is 2. The highest BCUT2D eigenvalue weighted by molar-refractivity contribution is 9.10. The van der Waals surface area contributed by atoms with Gasteiger partial charge in [0.1, 0.15) is 0 Å². The van der Waals surface area contributed by atoms with Gasteiger partial charge in [-0.05, 0) is 34.3 Å². The standard InChI is InChI=1S/C10H12BrNO2S/c1-10(5-14-4-7(10)12)9(13)8-6(11)2-3-15-8/h2-3,7H,4-5,12H2,1H3. The van der Waals surface area contributed by atoms with Gasteiger partial charge >= 0.3 is 0 Å².